The summed E-state index contributed by atoms with van der Waals surface area (Å²) in [7, 11) is -6.83. The minimum absolute atomic E-state index is 0.150. The van der Waals surface area contributed by atoms with E-state index in [1.54, 1.807) is 21.3 Å². The average Bonchev–Trinajstić information content (AvgIpc) is 2.77. The number of esters is 1. The van der Waals surface area contributed by atoms with Gasteiger partial charge in [0.05, 0.1) is 27.1 Å². The molecule has 0 rings (SSSR count). The van der Waals surface area contributed by atoms with Crippen molar-refractivity contribution in [2.45, 2.75) is 36.8 Å². The summed E-state index contributed by atoms with van der Waals surface area (Å²) in [5, 5.41) is 3.23. The molecule has 230 valence electrons. The number of alkyl halides is 6. The largest absolute Gasteiger partial charge is 0.500 e. The zero-order valence-corrected chi connectivity index (χ0v) is 24.4. The molecular weight excluding hydrogens is 596 g/mol. The normalized spacial score (nSPS) is 13.6. The number of hydrogen-bond acceptors (Lipinski definition) is 10. The van der Waals surface area contributed by atoms with Gasteiger partial charge in [0.1, 0.15) is 13.2 Å². The molecule has 0 aromatic carbocycles. The Labute approximate surface area is 220 Å². The Balaban J connectivity index is 0. The van der Waals surface area contributed by atoms with Gasteiger partial charge in [-0.15, -0.1) is 0 Å². The molecule has 12 nitrogen and oxygen atoms in total. The van der Waals surface area contributed by atoms with Gasteiger partial charge < -0.3 is 31.9 Å². The number of ether oxygens (including phenoxy) is 1. The maximum absolute atomic E-state index is 11.6. The molecule has 0 aromatic rings. The molecule has 0 saturated carbocycles. The lowest BCUT2D eigenvalue weighted by Gasteiger charge is -2.27. The number of sulfonamides is 2. The predicted octanol–water partition coefficient (Wildman–Crippen LogP) is 1.93. The number of halogens is 6. The van der Waals surface area contributed by atoms with Crippen LogP contribution in [0.25, 0.3) is 4.13 Å². The molecule has 0 aliphatic carbocycles. The SMILES string of the molecule is CC[N+](C)(C)CCOC(=O)CCNCCC[Si](OC)(OC)OC.O=S(=O)([N-]S(=O)(=O)C(F)(F)F)C(F)(F)F. The summed E-state index contributed by atoms with van der Waals surface area (Å²) in [6.07, 6.45) is 1.26. The Morgan fingerprint density at radius 1 is 0.895 bits per heavy atom. The molecule has 0 amide bonds. The maximum atomic E-state index is 11.6. The van der Waals surface area contributed by atoms with Crippen molar-refractivity contribution in [3.8, 4) is 0 Å². The van der Waals surface area contributed by atoms with E-state index in [1.165, 1.54) is 0 Å². The van der Waals surface area contributed by atoms with Gasteiger partial charge in [-0.05, 0) is 19.9 Å². The van der Waals surface area contributed by atoms with E-state index in [0.29, 0.717) is 19.6 Å². The van der Waals surface area contributed by atoms with Crippen LogP contribution in [0, 0.1) is 0 Å². The molecule has 1 N–H and O–H groups in total. The van der Waals surface area contributed by atoms with Gasteiger partial charge in [0.25, 0.3) is 0 Å². The van der Waals surface area contributed by atoms with Crippen molar-refractivity contribution < 1.29 is 70.5 Å². The van der Waals surface area contributed by atoms with Crippen LogP contribution >= 0.6 is 0 Å². The molecule has 0 aromatic heterocycles. The number of likely N-dealkylation sites (N-methyl/N-ethyl adjacent to an activating group) is 1. The van der Waals surface area contributed by atoms with Gasteiger partial charge in [-0.2, -0.15) is 26.3 Å². The van der Waals surface area contributed by atoms with Crippen molar-refractivity contribution in [1.82, 2.24) is 5.32 Å². The molecule has 0 bridgehead atoms. The van der Waals surface area contributed by atoms with Crippen LogP contribution in [-0.4, -0.2) is 115 Å². The Morgan fingerprint density at radius 2 is 1.34 bits per heavy atom. The topological polar surface area (TPSA) is 148 Å². The quantitative estimate of drug-likeness (QED) is 0.0881. The van der Waals surface area contributed by atoms with Crippen LogP contribution in [0.3, 0.4) is 0 Å². The third-order valence-electron chi connectivity index (χ3n) is 4.87. The monoisotopic (exact) mass is 631 g/mol. The highest BCUT2D eigenvalue weighted by Crippen LogP contribution is 2.36. The van der Waals surface area contributed by atoms with E-state index in [9.17, 15) is 48.0 Å². The van der Waals surface area contributed by atoms with Crippen molar-refractivity contribution in [1.29, 1.82) is 0 Å². The van der Waals surface area contributed by atoms with E-state index < -0.39 is 39.9 Å². The van der Waals surface area contributed by atoms with E-state index in [4.69, 9.17) is 18.0 Å². The molecule has 0 fully saturated rings. The number of rotatable bonds is 16. The number of nitrogens with one attached hydrogen (secondary N) is 1. The molecule has 0 radical (unpaired) electrons. The second-order valence-corrected chi connectivity index (χ2v) is 14.5. The molecule has 0 saturated heterocycles. The van der Waals surface area contributed by atoms with Gasteiger partial charge in [-0.1, -0.05) is 0 Å². The third-order valence-corrected chi connectivity index (χ3v) is 10.4. The van der Waals surface area contributed by atoms with Gasteiger partial charge in [0.2, 0.25) is 0 Å². The van der Waals surface area contributed by atoms with E-state index in [-0.39, 0.29) is 5.97 Å². The minimum Gasteiger partial charge on any atom is -0.460 e. The Morgan fingerprint density at radius 3 is 1.71 bits per heavy atom. The number of hydrogen-bond donors (Lipinski definition) is 1. The fraction of sp³-hybridized carbons (Fsp3) is 0.941. The summed E-state index contributed by atoms with van der Waals surface area (Å²) < 4.78 is 131. The number of quaternary nitrogens is 1. The second-order valence-electron chi connectivity index (χ2n) is 8.01. The van der Waals surface area contributed by atoms with Crippen LogP contribution in [0.5, 0.6) is 0 Å². The molecule has 0 heterocycles. The molecule has 0 unspecified atom stereocenters. The molecule has 0 aliphatic heterocycles. The number of carbonyl (C=O) groups is 1. The van der Waals surface area contributed by atoms with Crippen molar-refractivity contribution >= 4 is 34.8 Å². The van der Waals surface area contributed by atoms with E-state index >= 15 is 0 Å². The smallest absolute Gasteiger partial charge is 0.460 e. The Bertz CT molecular complexity index is 863. The molecular formula is C17H35F6N3O9S2Si. The zero-order chi connectivity index (χ0) is 30.5. The van der Waals surface area contributed by atoms with Gasteiger partial charge in [0, 0.05) is 33.9 Å². The van der Waals surface area contributed by atoms with Crippen LogP contribution < -0.4 is 5.32 Å². The van der Waals surface area contributed by atoms with Crippen LogP contribution in [0.4, 0.5) is 26.3 Å². The van der Waals surface area contributed by atoms with Crippen molar-refractivity contribution in [3.63, 3.8) is 0 Å². The lowest BCUT2D eigenvalue weighted by atomic mass is 10.4. The van der Waals surface area contributed by atoms with Crippen LogP contribution in [0.2, 0.25) is 6.04 Å². The van der Waals surface area contributed by atoms with E-state index in [0.717, 1.165) is 40.7 Å². The fourth-order valence-corrected chi connectivity index (χ4v) is 5.58. The van der Waals surface area contributed by atoms with Crippen LogP contribution in [0.15, 0.2) is 0 Å². The summed E-state index contributed by atoms with van der Waals surface area (Å²) in [6, 6.07) is 0.748. The second kappa shape index (κ2) is 16.3. The standard InChI is InChI=1S/C15H35N2O5Si.C2F6NO4S2/c1-7-17(2,3)12-13-22-15(18)9-11-16-10-8-14-23(19-4,20-5)21-6;3-1(4,5)14(10,11)9-15(12,13)2(6,7)8/h16H,7-14H2,1-6H3;/q+1;-1. The lowest BCUT2D eigenvalue weighted by Crippen LogP contribution is -2.43. The predicted molar refractivity (Wildman–Crippen MR) is 125 cm³/mol. The van der Waals surface area contributed by atoms with Gasteiger partial charge in [-0.3, -0.25) is 4.79 Å². The summed E-state index contributed by atoms with van der Waals surface area (Å²) in [5.41, 5.74) is -12.4. The highest BCUT2D eigenvalue weighted by atomic mass is 32.3. The molecule has 21 heteroatoms. The Hall–Kier alpha value is -1.07. The first-order valence-corrected chi connectivity index (χ1v) is 15.6. The van der Waals surface area contributed by atoms with Crippen LogP contribution in [-0.2, 0) is 42.9 Å². The minimum atomic E-state index is -6.72. The molecule has 0 atom stereocenters. The Kier molecular flexibility index (Phi) is 16.7. The van der Waals surface area contributed by atoms with E-state index in [1.807, 2.05) is 0 Å². The van der Waals surface area contributed by atoms with Gasteiger partial charge in [-0.25, -0.2) is 16.8 Å². The first-order valence-electron chi connectivity index (χ1n) is 10.8. The van der Waals surface area contributed by atoms with Crippen molar-refractivity contribution in [3.05, 3.63) is 4.13 Å². The summed E-state index contributed by atoms with van der Waals surface area (Å²) in [5.74, 6) is -0.150. The fourth-order valence-electron chi connectivity index (χ4n) is 2.15. The highest BCUT2D eigenvalue weighted by molar-refractivity contribution is 8.13. The third kappa shape index (κ3) is 14.9. The lowest BCUT2D eigenvalue weighted by molar-refractivity contribution is -0.888. The zero-order valence-electron chi connectivity index (χ0n) is 21.8. The highest BCUT2D eigenvalue weighted by Gasteiger charge is 2.47. The first-order chi connectivity index (χ1) is 17.1. The average molecular weight is 632 g/mol. The van der Waals surface area contributed by atoms with E-state index in [2.05, 4.69) is 26.3 Å². The summed E-state index contributed by atoms with van der Waals surface area (Å²) >= 11 is 0. The van der Waals surface area contributed by atoms with Crippen molar-refractivity contribution in [2.75, 3.05) is 68.2 Å². The van der Waals surface area contributed by atoms with Gasteiger partial charge >= 0.3 is 25.8 Å². The molecule has 0 aliphatic rings. The number of carbonyl (C=O) groups excluding carboxylic acids is 1. The van der Waals surface area contributed by atoms with Crippen LogP contribution in [0.1, 0.15) is 19.8 Å². The molecule has 38 heavy (non-hydrogen) atoms. The van der Waals surface area contributed by atoms with Crippen molar-refractivity contribution in [2.24, 2.45) is 0 Å². The molecule has 0 spiro atoms. The first kappa shape index (κ1) is 39.1. The summed E-state index contributed by atoms with van der Waals surface area (Å²) in [4.78, 5) is 11.6. The maximum Gasteiger partial charge on any atom is 0.500 e. The summed E-state index contributed by atoms with van der Waals surface area (Å²) in [6.45, 7) is 5.87. The number of nitrogens with zero attached hydrogens (tertiary/aromatic N) is 2. The van der Waals surface area contributed by atoms with Gasteiger partial charge in [0.15, 0.2) is 20.0 Å².